The number of aryl methyl sites for hydroxylation is 2. The number of carbonyl (C=O) groups is 3. The normalized spacial score (nSPS) is 13.3. The van der Waals surface area contributed by atoms with Gasteiger partial charge in [-0.1, -0.05) is 47.6 Å². The molecule has 2 heterocycles. The van der Waals surface area contributed by atoms with E-state index in [-0.39, 0.29) is 23.1 Å². The van der Waals surface area contributed by atoms with E-state index in [1.54, 1.807) is 54.6 Å². The third-order valence-electron chi connectivity index (χ3n) is 6.23. The molecule has 4 aromatic rings. The van der Waals surface area contributed by atoms with Gasteiger partial charge in [-0.3, -0.25) is 19.3 Å². The van der Waals surface area contributed by atoms with Crippen LogP contribution in [-0.4, -0.2) is 22.6 Å². The predicted octanol–water partition coefficient (Wildman–Crippen LogP) is 6.79. The summed E-state index contributed by atoms with van der Waals surface area (Å²) in [5, 5.41) is 6.36. The number of hydrogen-bond acceptors (Lipinski definition) is 6. The van der Waals surface area contributed by atoms with Gasteiger partial charge in [0.05, 0.1) is 23.4 Å². The standard InChI is InChI=1S/C30H24ClN3O4S/c1-18-12-13-21(15-19(18)2)32-26-27(30(37)34(29(26)36)17-22-8-6-14-38-22)39-23-9-5-7-20(16-23)33-28(35)24-10-3-4-11-25(24)31/h3-16,32H,17H2,1-2H3,(H,33,35). The van der Waals surface area contributed by atoms with Gasteiger partial charge in [0.1, 0.15) is 16.4 Å². The van der Waals surface area contributed by atoms with Crippen LogP contribution in [0.3, 0.4) is 0 Å². The Hall–Kier alpha value is -4.27. The van der Waals surface area contributed by atoms with E-state index in [1.807, 2.05) is 38.1 Å². The molecule has 0 aliphatic carbocycles. The Morgan fingerprint density at radius 3 is 2.46 bits per heavy atom. The highest BCUT2D eigenvalue weighted by Crippen LogP contribution is 2.37. The molecule has 7 nitrogen and oxygen atoms in total. The van der Waals surface area contributed by atoms with Gasteiger partial charge in [0, 0.05) is 16.3 Å². The van der Waals surface area contributed by atoms with Gasteiger partial charge < -0.3 is 15.1 Å². The van der Waals surface area contributed by atoms with Crippen LogP contribution in [0.15, 0.2) is 105 Å². The van der Waals surface area contributed by atoms with Gasteiger partial charge in [0.2, 0.25) is 0 Å². The molecule has 0 atom stereocenters. The Morgan fingerprint density at radius 1 is 0.897 bits per heavy atom. The van der Waals surface area contributed by atoms with Crippen molar-refractivity contribution in [2.45, 2.75) is 25.3 Å². The number of rotatable bonds is 8. The second-order valence-corrected chi connectivity index (χ2v) is 10.5. The van der Waals surface area contributed by atoms with Gasteiger partial charge in [-0.05, 0) is 79.6 Å². The molecule has 5 rings (SSSR count). The first-order chi connectivity index (χ1) is 18.8. The van der Waals surface area contributed by atoms with Gasteiger partial charge in [-0.15, -0.1) is 0 Å². The van der Waals surface area contributed by atoms with Crippen LogP contribution in [0, 0.1) is 13.8 Å². The van der Waals surface area contributed by atoms with Crippen molar-refractivity contribution in [3.8, 4) is 0 Å². The summed E-state index contributed by atoms with van der Waals surface area (Å²) in [6.45, 7) is 4.01. The third-order valence-corrected chi connectivity index (χ3v) is 7.63. The minimum absolute atomic E-state index is 0.0146. The van der Waals surface area contributed by atoms with Crippen molar-refractivity contribution >= 4 is 52.5 Å². The lowest BCUT2D eigenvalue weighted by atomic mass is 10.1. The lowest BCUT2D eigenvalue weighted by molar-refractivity contribution is -0.138. The van der Waals surface area contributed by atoms with E-state index in [2.05, 4.69) is 10.6 Å². The molecular weight excluding hydrogens is 534 g/mol. The SMILES string of the molecule is Cc1ccc(NC2=C(Sc3cccc(NC(=O)c4ccccc4Cl)c3)C(=O)N(Cc3ccco3)C2=O)cc1C. The average molecular weight is 558 g/mol. The molecule has 0 bridgehead atoms. The zero-order chi connectivity index (χ0) is 27.5. The maximum atomic E-state index is 13.5. The molecule has 0 saturated heterocycles. The number of nitrogens with zero attached hydrogens (tertiary/aromatic N) is 1. The summed E-state index contributed by atoms with van der Waals surface area (Å²) in [7, 11) is 0. The molecule has 0 radical (unpaired) electrons. The Labute approximate surface area is 234 Å². The molecule has 0 fully saturated rings. The van der Waals surface area contributed by atoms with Gasteiger partial charge in [0.15, 0.2) is 0 Å². The first-order valence-electron chi connectivity index (χ1n) is 12.1. The number of carbonyl (C=O) groups excluding carboxylic acids is 3. The fourth-order valence-corrected chi connectivity index (χ4v) is 5.25. The maximum Gasteiger partial charge on any atom is 0.278 e. The van der Waals surface area contributed by atoms with Crippen LogP contribution in [0.1, 0.15) is 27.2 Å². The number of thioether (sulfide) groups is 1. The highest BCUT2D eigenvalue weighted by Gasteiger charge is 2.39. The summed E-state index contributed by atoms with van der Waals surface area (Å²) in [5.41, 5.74) is 3.94. The van der Waals surface area contributed by atoms with E-state index in [1.165, 1.54) is 6.26 Å². The van der Waals surface area contributed by atoms with Crippen LogP contribution in [-0.2, 0) is 16.1 Å². The fourth-order valence-electron chi connectivity index (χ4n) is 4.02. The predicted molar refractivity (Wildman–Crippen MR) is 153 cm³/mol. The van der Waals surface area contributed by atoms with Crippen LogP contribution in [0.25, 0.3) is 0 Å². The second-order valence-electron chi connectivity index (χ2n) is 8.97. The molecule has 3 amide bonds. The number of nitrogens with one attached hydrogen (secondary N) is 2. The molecule has 0 saturated carbocycles. The number of anilines is 2. The first kappa shape index (κ1) is 26.3. The Balaban J connectivity index is 1.43. The maximum absolute atomic E-state index is 13.5. The summed E-state index contributed by atoms with van der Waals surface area (Å²) >= 11 is 7.32. The van der Waals surface area contributed by atoms with E-state index in [4.69, 9.17) is 16.0 Å². The summed E-state index contributed by atoms with van der Waals surface area (Å²) in [6.07, 6.45) is 1.50. The Bertz CT molecular complexity index is 1610. The molecule has 3 aromatic carbocycles. The van der Waals surface area contributed by atoms with Gasteiger partial charge in [0.25, 0.3) is 17.7 Å². The van der Waals surface area contributed by atoms with Crippen LogP contribution >= 0.6 is 23.4 Å². The van der Waals surface area contributed by atoms with Crippen LogP contribution in [0.4, 0.5) is 11.4 Å². The van der Waals surface area contributed by atoms with Crippen molar-refractivity contribution in [2.75, 3.05) is 10.6 Å². The van der Waals surface area contributed by atoms with Gasteiger partial charge in [-0.2, -0.15) is 0 Å². The van der Waals surface area contributed by atoms with E-state index in [9.17, 15) is 14.4 Å². The minimum Gasteiger partial charge on any atom is -0.467 e. The van der Waals surface area contributed by atoms with Crippen molar-refractivity contribution in [3.63, 3.8) is 0 Å². The summed E-state index contributed by atoms with van der Waals surface area (Å²) < 4.78 is 5.38. The van der Waals surface area contributed by atoms with Gasteiger partial charge >= 0.3 is 0 Å². The van der Waals surface area contributed by atoms with Crippen molar-refractivity contribution in [3.05, 3.63) is 123 Å². The molecule has 1 aromatic heterocycles. The molecule has 9 heteroatoms. The highest BCUT2D eigenvalue weighted by molar-refractivity contribution is 8.04. The summed E-state index contributed by atoms with van der Waals surface area (Å²) in [6, 6.07) is 23.0. The molecule has 1 aliphatic rings. The van der Waals surface area contributed by atoms with Crippen LogP contribution in [0.5, 0.6) is 0 Å². The molecule has 196 valence electrons. The summed E-state index contributed by atoms with van der Waals surface area (Å²) in [5.74, 6) is -0.730. The molecular formula is C30H24ClN3O4S. The molecule has 2 N–H and O–H groups in total. The largest absolute Gasteiger partial charge is 0.467 e. The molecule has 39 heavy (non-hydrogen) atoms. The topological polar surface area (TPSA) is 91.7 Å². The van der Waals surface area contributed by atoms with E-state index >= 15 is 0 Å². The second kappa shape index (κ2) is 11.2. The van der Waals surface area contributed by atoms with E-state index < -0.39 is 11.8 Å². The first-order valence-corrected chi connectivity index (χ1v) is 13.3. The van der Waals surface area contributed by atoms with Crippen molar-refractivity contribution in [2.24, 2.45) is 0 Å². The van der Waals surface area contributed by atoms with Crippen LogP contribution < -0.4 is 10.6 Å². The monoisotopic (exact) mass is 557 g/mol. The average Bonchev–Trinajstić information content (AvgIpc) is 3.51. The number of benzene rings is 3. The molecule has 1 aliphatic heterocycles. The third kappa shape index (κ3) is 5.77. The number of imide groups is 1. The van der Waals surface area contributed by atoms with Crippen molar-refractivity contribution in [1.29, 1.82) is 0 Å². The van der Waals surface area contributed by atoms with Crippen LogP contribution in [0.2, 0.25) is 5.02 Å². The quantitative estimate of drug-likeness (QED) is 0.232. The lowest BCUT2D eigenvalue weighted by Gasteiger charge is -2.14. The number of amides is 3. The zero-order valence-corrected chi connectivity index (χ0v) is 22.7. The summed E-state index contributed by atoms with van der Waals surface area (Å²) in [4.78, 5) is 41.8. The minimum atomic E-state index is -0.444. The van der Waals surface area contributed by atoms with Gasteiger partial charge in [-0.25, -0.2) is 0 Å². The molecule has 0 unspecified atom stereocenters. The van der Waals surface area contributed by atoms with Crippen molar-refractivity contribution in [1.82, 2.24) is 4.90 Å². The lowest BCUT2D eigenvalue weighted by Crippen LogP contribution is -2.31. The smallest absolute Gasteiger partial charge is 0.278 e. The van der Waals surface area contributed by atoms with E-state index in [0.717, 1.165) is 27.8 Å². The number of halogens is 1. The van der Waals surface area contributed by atoms with Crippen molar-refractivity contribution < 1.29 is 18.8 Å². The van der Waals surface area contributed by atoms with E-state index in [0.29, 0.717) is 32.6 Å². The fraction of sp³-hybridized carbons (Fsp3) is 0.100. The Morgan fingerprint density at radius 2 is 1.72 bits per heavy atom. The zero-order valence-electron chi connectivity index (χ0n) is 21.2. The Kier molecular flexibility index (Phi) is 7.58. The highest BCUT2D eigenvalue weighted by atomic mass is 35.5. The number of furan rings is 1. The number of hydrogen-bond donors (Lipinski definition) is 2. The molecule has 0 spiro atoms.